The molecule has 10 rings (SSSR count). The van der Waals surface area contributed by atoms with Crippen molar-refractivity contribution in [1.29, 1.82) is 0 Å². The molecule has 262 valence electrons. The number of para-hydroxylation sites is 2. The second-order valence-corrected chi connectivity index (χ2v) is 15.4. The van der Waals surface area contributed by atoms with E-state index in [0.717, 1.165) is 33.6 Å². The number of likely N-dealkylation sites (N-methyl/N-ethyl adjacent to an activating group) is 2. The average Bonchev–Trinajstić information content (AvgIpc) is 3.88. The molecule has 6 aliphatic heterocycles. The number of nitrogens with one attached hydrogen (secondary N) is 2. The first-order valence-electron chi connectivity index (χ1n) is 18.2. The van der Waals surface area contributed by atoms with Gasteiger partial charge in [-0.2, -0.15) is 0 Å². The van der Waals surface area contributed by atoms with Gasteiger partial charge in [0.1, 0.15) is 36.5 Å². The Morgan fingerprint density at radius 3 is 1.29 bits per heavy atom. The van der Waals surface area contributed by atoms with Crippen LogP contribution < -0.4 is 10.6 Å². The zero-order valence-corrected chi connectivity index (χ0v) is 29.1. The van der Waals surface area contributed by atoms with Crippen LogP contribution >= 0.6 is 0 Å². The second kappa shape index (κ2) is 10.9. The number of anilines is 2. The van der Waals surface area contributed by atoms with Crippen LogP contribution in [0.4, 0.5) is 11.4 Å². The molecule has 2 unspecified atom stereocenters. The molecule has 4 fully saturated rings. The minimum atomic E-state index is -0.863. The fourth-order valence-electron chi connectivity index (χ4n) is 10.9. The van der Waals surface area contributed by atoms with Gasteiger partial charge in [-0.15, -0.1) is 0 Å². The fourth-order valence-corrected chi connectivity index (χ4v) is 10.9. The average molecular weight is 693 g/mol. The molecule has 52 heavy (non-hydrogen) atoms. The van der Waals surface area contributed by atoms with E-state index in [0.29, 0.717) is 25.7 Å². The summed E-state index contributed by atoms with van der Waals surface area (Å²) in [7, 11) is 3.49. The van der Waals surface area contributed by atoms with Gasteiger partial charge in [-0.05, 0) is 47.2 Å². The third kappa shape index (κ3) is 3.84. The number of nitrogens with zero attached hydrogens (tertiary/aromatic N) is 4. The van der Waals surface area contributed by atoms with Gasteiger partial charge in [-0.25, -0.2) is 0 Å². The van der Waals surface area contributed by atoms with E-state index in [4.69, 9.17) is 0 Å². The maximum absolute atomic E-state index is 14.9. The van der Waals surface area contributed by atoms with Crippen molar-refractivity contribution in [3.05, 3.63) is 131 Å². The Morgan fingerprint density at radius 2 is 0.885 bits per heavy atom. The van der Waals surface area contributed by atoms with Crippen molar-refractivity contribution in [2.24, 2.45) is 0 Å². The SMILES string of the molecule is CN1C(=O)[C@@H]2CC3(C45C[C@H]6C(=O)N(C)[C@@H](Cc7ccccc7)C(=O)N6[C@H]4Nc4ccccc45)c4ccccc4N[C@@H]3N2C(=O)[C@@H]1Cc1ccccc1. The van der Waals surface area contributed by atoms with E-state index in [1.807, 2.05) is 107 Å². The van der Waals surface area contributed by atoms with Gasteiger partial charge in [-0.3, -0.25) is 19.2 Å². The molecule has 0 saturated carbocycles. The number of benzene rings is 4. The lowest BCUT2D eigenvalue weighted by Gasteiger charge is -2.48. The van der Waals surface area contributed by atoms with Crippen LogP contribution in [0.2, 0.25) is 0 Å². The van der Waals surface area contributed by atoms with E-state index in [9.17, 15) is 19.2 Å². The molecular formula is C42H40N6O4. The summed E-state index contributed by atoms with van der Waals surface area (Å²) in [5, 5.41) is 7.53. The predicted molar refractivity (Wildman–Crippen MR) is 195 cm³/mol. The quantitative estimate of drug-likeness (QED) is 0.331. The Bertz CT molecular complexity index is 2010. The maximum atomic E-state index is 14.9. The molecule has 2 N–H and O–H groups in total. The zero-order valence-electron chi connectivity index (χ0n) is 29.1. The van der Waals surface area contributed by atoms with Crippen LogP contribution in [0, 0.1) is 0 Å². The smallest absolute Gasteiger partial charge is 0.248 e. The number of piperazine rings is 2. The Labute approximate surface area is 302 Å². The topological polar surface area (TPSA) is 105 Å². The zero-order chi connectivity index (χ0) is 35.5. The van der Waals surface area contributed by atoms with Crippen LogP contribution in [0.25, 0.3) is 0 Å². The lowest BCUT2D eigenvalue weighted by atomic mass is 9.54. The van der Waals surface area contributed by atoms with Crippen molar-refractivity contribution in [3.63, 3.8) is 0 Å². The molecule has 0 radical (unpaired) electrons. The largest absolute Gasteiger partial charge is 0.364 e. The van der Waals surface area contributed by atoms with E-state index in [2.05, 4.69) is 22.8 Å². The van der Waals surface area contributed by atoms with Gasteiger partial charge in [0.15, 0.2) is 0 Å². The van der Waals surface area contributed by atoms with Crippen LogP contribution in [0.1, 0.15) is 35.1 Å². The first kappa shape index (κ1) is 31.1. The van der Waals surface area contributed by atoms with Gasteiger partial charge in [-0.1, -0.05) is 97.1 Å². The van der Waals surface area contributed by atoms with Gasteiger partial charge in [0.2, 0.25) is 23.6 Å². The van der Waals surface area contributed by atoms with Gasteiger partial charge in [0.25, 0.3) is 0 Å². The van der Waals surface area contributed by atoms with Crippen molar-refractivity contribution in [1.82, 2.24) is 19.6 Å². The number of amides is 4. The van der Waals surface area contributed by atoms with Gasteiger partial charge in [0, 0.05) is 38.3 Å². The van der Waals surface area contributed by atoms with Gasteiger partial charge >= 0.3 is 0 Å². The van der Waals surface area contributed by atoms with Crippen molar-refractivity contribution in [2.75, 3.05) is 24.7 Å². The highest BCUT2D eigenvalue weighted by molar-refractivity contribution is 6.01. The maximum Gasteiger partial charge on any atom is 0.248 e. The molecule has 6 heterocycles. The Hall–Kier alpha value is -5.64. The van der Waals surface area contributed by atoms with Crippen molar-refractivity contribution in [2.45, 2.75) is 73.0 Å². The molecule has 4 saturated heterocycles. The molecule has 10 nitrogen and oxygen atoms in total. The number of carbonyl (C=O) groups is 4. The molecule has 6 aliphatic rings. The first-order valence-corrected chi connectivity index (χ1v) is 18.2. The lowest BCUT2D eigenvalue weighted by Crippen LogP contribution is -2.67. The number of rotatable bonds is 5. The molecule has 4 aromatic carbocycles. The minimum absolute atomic E-state index is 0.0914. The third-order valence-electron chi connectivity index (χ3n) is 13.2. The number of carbonyl (C=O) groups excluding carboxylic acids is 4. The molecule has 4 amide bonds. The number of hydrogen-bond acceptors (Lipinski definition) is 6. The Balaban J connectivity index is 1.14. The summed E-state index contributed by atoms with van der Waals surface area (Å²) >= 11 is 0. The van der Waals surface area contributed by atoms with Crippen LogP contribution in [0.3, 0.4) is 0 Å². The normalized spacial score (nSPS) is 32.5. The third-order valence-corrected chi connectivity index (χ3v) is 13.2. The van der Waals surface area contributed by atoms with E-state index >= 15 is 0 Å². The monoisotopic (exact) mass is 692 g/mol. The summed E-state index contributed by atoms with van der Waals surface area (Å²) in [5.41, 5.74) is 4.07. The fraction of sp³-hybridized carbons (Fsp3) is 0.333. The van der Waals surface area contributed by atoms with E-state index in [-0.39, 0.29) is 23.6 Å². The molecule has 0 aliphatic carbocycles. The summed E-state index contributed by atoms with van der Waals surface area (Å²) in [6.07, 6.45) is 0.352. The van der Waals surface area contributed by atoms with Crippen LogP contribution in [-0.2, 0) is 42.8 Å². The highest BCUT2D eigenvalue weighted by atomic mass is 16.2. The Morgan fingerprint density at radius 1 is 0.519 bits per heavy atom. The highest BCUT2D eigenvalue weighted by Gasteiger charge is 2.78. The van der Waals surface area contributed by atoms with E-state index in [1.54, 1.807) is 23.9 Å². The summed E-state index contributed by atoms with van der Waals surface area (Å²) in [4.78, 5) is 65.9. The predicted octanol–water partition coefficient (Wildman–Crippen LogP) is 3.73. The molecule has 10 heteroatoms. The van der Waals surface area contributed by atoms with Crippen molar-refractivity contribution >= 4 is 35.0 Å². The standard InChI is InChI=1S/C42H40N6O4/c1-45-31(21-25-13-5-3-6-14-25)37(51)47-33(35(45)49)23-41(27-17-9-11-19-29(27)43-39(41)47)42-24-34-36(50)46(2)32(22-26-15-7-4-8-16-26)38(52)48(34)40(42)44-30-20-12-10-18-28(30)42/h3-20,31-34,39-40,43-44H,21-24H2,1-2H3/t31-,32-,33-,34-,39+,40+,41?,42?/m0/s1. The lowest BCUT2D eigenvalue weighted by molar-refractivity contribution is -0.159. The van der Waals surface area contributed by atoms with Gasteiger partial charge < -0.3 is 30.2 Å². The first-order chi connectivity index (χ1) is 25.3. The summed E-state index contributed by atoms with van der Waals surface area (Å²) in [6.45, 7) is 0. The van der Waals surface area contributed by atoms with Crippen LogP contribution in [-0.4, -0.2) is 93.8 Å². The molecular weight excluding hydrogens is 652 g/mol. The van der Waals surface area contributed by atoms with E-state index < -0.39 is 47.3 Å². The van der Waals surface area contributed by atoms with E-state index in [1.165, 1.54) is 0 Å². The highest BCUT2D eigenvalue weighted by Crippen LogP contribution is 2.69. The van der Waals surface area contributed by atoms with Crippen molar-refractivity contribution in [3.8, 4) is 0 Å². The van der Waals surface area contributed by atoms with Crippen LogP contribution in [0.5, 0.6) is 0 Å². The van der Waals surface area contributed by atoms with Crippen LogP contribution in [0.15, 0.2) is 109 Å². The summed E-state index contributed by atoms with van der Waals surface area (Å²) in [6, 6.07) is 33.2. The minimum Gasteiger partial charge on any atom is -0.364 e. The number of hydrogen-bond donors (Lipinski definition) is 2. The number of fused-ring (bicyclic) bond motifs is 11. The molecule has 0 aromatic heterocycles. The Kier molecular flexibility index (Phi) is 6.54. The molecule has 8 atom stereocenters. The van der Waals surface area contributed by atoms with Crippen molar-refractivity contribution < 1.29 is 19.2 Å². The second-order valence-electron chi connectivity index (χ2n) is 15.4. The summed E-state index contributed by atoms with van der Waals surface area (Å²) in [5.74, 6) is -0.376. The molecule has 4 aromatic rings. The van der Waals surface area contributed by atoms with Gasteiger partial charge in [0.05, 0.1) is 10.8 Å². The summed E-state index contributed by atoms with van der Waals surface area (Å²) < 4.78 is 0. The molecule has 0 bridgehead atoms. The molecule has 0 spiro atoms.